The topological polar surface area (TPSA) is 74.2 Å². The maximum Gasteiger partial charge on any atom is 0.230 e. The summed E-state index contributed by atoms with van der Waals surface area (Å²) in [6.45, 7) is 0. The van der Waals surface area contributed by atoms with Gasteiger partial charge in [-0.05, 0) is 29.8 Å². The van der Waals surface area contributed by atoms with Crippen LogP contribution in [0, 0.1) is 0 Å². The van der Waals surface area contributed by atoms with E-state index < -0.39 is 0 Å². The standard InChI is InChI=1S/C15H12BrN3O2/c1-20-15-11(3-2-8-18-15)13-12(14(17)21-19-13)9-4-6-10(16)7-5-9/h2-8H,17H2,1H3. The maximum atomic E-state index is 5.94. The van der Waals surface area contributed by atoms with Crippen molar-refractivity contribution >= 4 is 21.8 Å². The van der Waals surface area contributed by atoms with Crippen LogP contribution in [-0.2, 0) is 0 Å². The third-order valence-electron chi connectivity index (χ3n) is 3.07. The van der Waals surface area contributed by atoms with Gasteiger partial charge in [0.2, 0.25) is 11.8 Å². The molecule has 0 atom stereocenters. The predicted octanol–water partition coefficient (Wildman–Crippen LogP) is 3.76. The predicted molar refractivity (Wildman–Crippen MR) is 83.8 cm³/mol. The first-order valence-corrected chi connectivity index (χ1v) is 7.00. The molecule has 3 aromatic rings. The fourth-order valence-electron chi connectivity index (χ4n) is 2.12. The molecular formula is C15H12BrN3O2. The van der Waals surface area contributed by atoms with E-state index in [2.05, 4.69) is 26.1 Å². The molecule has 2 heterocycles. The lowest BCUT2D eigenvalue weighted by atomic mass is 10.0. The molecule has 0 radical (unpaired) electrons. The minimum Gasteiger partial charge on any atom is -0.481 e. The number of methoxy groups -OCH3 is 1. The van der Waals surface area contributed by atoms with Gasteiger partial charge in [-0.2, -0.15) is 0 Å². The van der Waals surface area contributed by atoms with Crippen molar-refractivity contribution in [3.63, 3.8) is 0 Å². The molecule has 2 aromatic heterocycles. The van der Waals surface area contributed by atoms with Gasteiger partial charge in [-0.25, -0.2) is 4.98 Å². The van der Waals surface area contributed by atoms with E-state index in [9.17, 15) is 0 Å². The molecule has 2 N–H and O–H groups in total. The average Bonchev–Trinajstić information content (AvgIpc) is 2.90. The molecule has 0 fully saturated rings. The van der Waals surface area contributed by atoms with Gasteiger partial charge in [0.1, 0.15) is 5.69 Å². The van der Waals surface area contributed by atoms with Crippen molar-refractivity contribution in [3.05, 3.63) is 47.1 Å². The van der Waals surface area contributed by atoms with Crippen molar-refractivity contribution in [2.75, 3.05) is 12.8 Å². The average molecular weight is 346 g/mol. The van der Waals surface area contributed by atoms with Gasteiger partial charge in [0, 0.05) is 10.7 Å². The summed E-state index contributed by atoms with van der Waals surface area (Å²) in [5.74, 6) is 0.738. The molecule has 5 nitrogen and oxygen atoms in total. The molecule has 0 unspecified atom stereocenters. The Balaban J connectivity index is 2.19. The molecule has 0 aliphatic rings. The van der Waals surface area contributed by atoms with E-state index in [0.717, 1.165) is 21.2 Å². The lowest BCUT2D eigenvalue weighted by Gasteiger charge is -2.06. The second-order valence-electron chi connectivity index (χ2n) is 4.34. The molecule has 0 bridgehead atoms. The Morgan fingerprint density at radius 2 is 1.95 bits per heavy atom. The number of anilines is 1. The zero-order valence-corrected chi connectivity index (χ0v) is 12.8. The molecular weight excluding hydrogens is 334 g/mol. The minimum atomic E-state index is 0.262. The summed E-state index contributed by atoms with van der Waals surface area (Å²) in [4.78, 5) is 4.18. The Hall–Kier alpha value is -2.34. The number of nitrogens with zero attached hydrogens (tertiary/aromatic N) is 2. The van der Waals surface area contributed by atoms with E-state index in [-0.39, 0.29) is 5.88 Å². The highest BCUT2D eigenvalue weighted by Gasteiger charge is 2.20. The van der Waals surface area contributed by atoms with Crippen LogP contribution in [0.4, 0.5) is 5.88 Å². The van der Waals surface area contributed by atoms with Crippen LogP contribution in [0.1, 0.15) is 0 Å². The summed E-state index contributed by atoms with van der Waals surface area (Å²) in [6, 6.07) is 11.4. The first kappa shape index (κ1) is 13.6. The molecule has 106 valence electrons. The quantitative estimate of drug-likeness (QED) is 0.782. The van der Waals surface area contributed by atoms with Gasteiger partial charge in [-0.3, -0.25) is 0 Å². The third-order valence-corrected chi connectivity index (χ3v) is 3.60. The normalized spacial score (nSPS) is 10.6. The number of nitrogens with two attached hydrogens (primary N) is 1. The highest BCUT2D eigenvalue weighted by atomic mass is 79.9. The van der Waals surface area contributed by atoms with Gasteiger partial charge in [0.15, 0.2) is 0 Å². The molecule has 21 heavy (non-hydrogen) atoms. The van der Waals surface area contributed by atoms with E-state index in [4.69, 9.17) is 15.0 Å². The molecule has 1 aromatic carbocycles. The Morgan fingerprint density at radius 3 is 2.67 bits per heavy atom. The molecule has 0 saturated carbocycles. The zero-order chi connectivity index (χ0) is 14.8. The fourth-order valence-corrected chi connectivity index (χ4v) is 2.38. The van der Waals surface area contributed by atoms with Gasteiger partial charge in [-0.15, -0.1) is 0 Å². The smallest absolute Gasteiger partial charge is 0.230 e. The van der Waals surface area contributed by atoms with Gasteiger partial charge in [0.05, 0.1) is 18.2 Å². The number of nitrogen functional groups attached to an aromatic ring is 1. The van der Waals surface area contributed by atoms with Gasteiger partial charge >= 0.3 is 0 Å². The van der Waals surface area contributed by atoms with Crippen molar-refractivity contribution in [3.8, 4) is 28.3 Å². The molecule has 0 spiro atoms. The molecule has 0 amide bonds. The number of aromatic nitrogens is 2. The molecule has 0 aliphatic heterocycles. The summed E-state index contributed by atoms with van der Waals surface area (Å²) in [5.41, 5.74) is 8.93. The van der Waals surface area contributed by atoms with E-state index in [0.29, 0.717) is 11.6 Å². The monoisotopic (exact) mass is 345 g/mol. The second-order valence-corrected chi connectivity index (χ2v) is 5.25. The summed E-state index contributed by atoms with van der Waals surface area (Å²) in [5, 5.41) is 4.06. The summed E-state index contributed by atoms with van der Waals surface area (Å²) in [6.07, 6.45) is 1.66. The number of hydrogen-bond acceptors (Lipinski definition) is 5. The molecule has 6 heteroatoms. The van der Waals surface area contributed by atoms with Crippen LogP contribution in [0.2, 0.25) is 0 Å². The SMILES string of the molecule is COc1ncccc1-c1noc(N)c1-c1ccc(Br)cc1. The van der Waals surface area contributed by atoms with Crippen molar-refractivity contribution in [2.45, 2.75) is 0 Å². The van der Waals surface area contributed by atoms with Gasteiger partial charge in [-0.1, -0.05) is 33.2 Å². The lowest BCUT2D eigenvalue weighted by molar-refractivity contribution is 0.398. The van der Waals surface area contributed by atoms with Crippen molar-refractivity contribution in [1.29, 1.82) is 0 Å². The van der Waals surface area contributed by atoms with E-state index >= 15 is 0 Å². The second kappa shape index (κ2) is 5.57. The van der Waals surface area contributed by atoms with E-state index in [1.54, 1.807) is 13.3 Å². The highest BCUT2D eigenvalue weighted by Crippen LogP contribution is 2.39. The van der Waals surface area contributed by atoms with Crippen LogP contribution >= 0.6 is 15.9 Å². The molecule has 0 saturated heterocycles. The summed E-state index contributed by atoms with van der Waals surface area (Å²) in [7, 11) is 1.56. The van der Waals surface area contributed by atoms with E-state index in [1.165, 1.54) is 0 Å². The lowest BCUT2D eigenvalue weighted by Crippen LogP contribution is -1.93. The van der Waals surface area contributed by atoms with Crippen molar-refractivity contribution < 1.29 is 9.26 Å². The Labute approximate surface area is 129 Å². The van der Waals surface area contributed by atoms with Crippen molar-refractivity contribution in [2.24, 2.45) is 0 Å². The Kier molecular flexibility index (Phi) is 3.62. The van der Waals surface area contributed by atoms with Crippen LogP contribution in [0.3, 0.4) is 0 Å². The first-order valence-electron chi connectivity index (χ1n) is 6.21. The molecule has 0 aliphatic carbocycles. The summed E-state index contributed by atoms with van der Waals surface area (Å²) >= 11 is 3.41. The Morgan fingerprint density at radius 1 is 1.19 bits per heavy atom. The number of ether oxygens (including phenoxy) is 1. The van der Waals surface area contributed by atoms with Crippen LogP contribution < -0.4 is 10.5 Å². The summed E-state index contributed by atoms with van der Waals surface area (Å²) < 4.78 is 11.4. The maximum absolute atomic E-state index is 5.94. The van der Waals surface area contributed by atoms with Crippen LogP contribution in [-0.4, -0.2) is 17.3 Å². The van der Waals surface area contributed by atoms with Crippen LogP contribution in [0.25, 0.3) is 22.4 Å². The van der Waals surface area contributed by atoms with Crippen LogP contribution in [0.5, 0.6) is 5.88 Å². The van der Waals surface area contributed by atoms with Gasteiger partial charge < -0.3 is 15.0 Å². The Bertz CT molecular complexity index is 769. The number of hydrogen-bond donors (Lipinski definition) is 1. The van der Waals surface area contributed by atoms with Crippen molar-refractivity contribution in [1.82, 2.24) is 10.1 Å². The van der Waals surface area contributed by atoms with Gasteiger partial charge in [0.25, 0.3) is 0 Å². The number of pyridine rings is 1. The zero-order valence-electron chi connectivity index (χ0n) is 11.2. The van der Waals surface area contributed by atoms with E-state index in [1.807, 2.05) is 36.4 Å². The first-order chi connectivity index (χ1) is 10.2. The highest BCUT2D eigenvalue weighted by molar-refractivity contribution is 9.10. The largest absolute Gasteiger partial charge is 0.481 e. The number of rotatable bonds is 3. The third kappa shape index (κ3) is 2.50. The minimum absolute atomic E-state index is 0.262. The fraction of sp³-hybridized carbons (Fsp3) is 0.0667. The molecule has 3 rings (SSSR count). The number of benzene rings is 1. The number of halogens is 1. The van der Waals surface area contributed by atoms with Crippen LogP contribution in [0.15, 0.2) is 51.6 Å².